The van der Waals surface area contributed by atoms with Crippen LogP contribution < -0.4 is 10.5 Å². The summed E-state index contributed by atoms with van der Waals surface area (Å²) in [6, 6.07) is 4.37. The molecule has 0 aliphatic carbocycles. The molecule has 21 heavy (non-hydrogen) atoms. The second-order valence-electron chi connectivity index (χ2n) is 4.00. The molecule has 0 aliphatic rings. The van der Waals surface area contributed by atoms with Gasteiger partial charge in [0, 0.05) is 0 Å². The first-order valence-electron chi connectivity index (χ1n) is 5.43. The predicted molar refractivity (Wildman–Crippen MR) is 73.0 cm³/mol. The molecule has 0 bridgehead atoms. The van der Waals surface area contributed by atoms with Gasteiger partial charge in [-0.15, -0.1) is 0 Å². The van der Waals surface area contributed by atoms with Crippen molar-refractivity contribution in [2.24, 2.45) is 0 Å². The van der Waals surface area contributed by atoms with Crippen LogP contribution in [0.2, 0.25) is 5.02 Å². The number of rotatable bonds is 3. The Hall–Kier alpha value is -1.93. The van der Waals surface area contributed by atoms with Gasteiger partial charge in [-0.25, -0.2) is 21.6 Å². The van der Waals surface area contributed by atoms with E-state index in [2.05, 4.69) is 0 Å². The standard InChI is InChI=1S/C12H8ClF3N2O2S/c13-7-5-6(14)1-3-9(7)18-21(19,20)10-4-2-8(15)12(17)11(10)16/h1-5,18H,17H2. The predicted octanol–water partition coefficient (Wildman–Crippen LogP) is 3.14. The maximum Gasteiger partial charge on any atom is 0.264 e. The molecule has 112 valence electrons. The van der Waals surface area contributed by atoms with Gasteiger partial charge in [0.2, 0.25) is 0 Å². The van der Waals surface area contributed by atoms with Crippen LogP contribution in [-0.4, -0.2) is 8.42 Å². The van der Waals surface area contributed by atoms with Crippen LogP contribution >= 0.6 is 11.6 Å². The third-order valence-corrected chi connectivity index (χ3v) is 4.25. The first-order chi connectivity index (χ1) is 9.72. The number of benzene rings is 2. The van der Waals surface area contributed by atoms with Gasteiger partial charge in [-0.1, -0.05) is 11.6 Å². The maximum atomic E-state index is 13.7. The summed E-state index contributed by atoms with van der Waals surface area (Å²) in [5.74, 6) is -3.16. The summed E-state index contributed by atoms with van der Waals surface area (Å²) in [7, 11) is -4.40. The fourth-order valence-corrected chi connectivity index (χ4v) is 2.97. The Labute approximate surface area is 123 Å². The van der Waals surface area contributed by atoms with Crippen molar-refractivity contribution in [2.75, 3.05) is 10.5 Å². The molecule has 4 nitrogen and oxygen atoms in total. The summed E-state index contributed by atoms with van der Waals surface area (Å²) >= 11 is 5.67. The lowest BCUT2D eigenvalue weighted by Gasteiger charge is -2.11. The molecule has 2 rings (SSSR count). The lowest BCUT2D eigenvalue weighted by atomic mass is 10.3. The van der Waals surface area contributed by atoms with Crippen LogP contribution in [0.3, 0.4) is 0 Å². The van der Waals surface area contributed by atoms with E-state index in [4.69, 9.17) is 17.3 Å². The molecule has 9 heteroatoms. The Bertz CT molecular complexity index is 812. The van der Waals surface area contributed by atoms with Gasteiger partial charge in [-0.3, -0.25) is 4.72 Å². The zero-order valence-electron chi connectivity index (χ0n) is 10.2. The Balaban J connectivity index is 2.46. The van der Waals surface area contributed by atoms with Gasteiger partial charge in [-0.2, -0.15) is 0 Å². The van der Waals surface area contributed by atoms with E-state index in [1.807, 2.05) is 4.72 Å². The van der Waals surface area contributed by atoms with Gasteiger partial charge >= 0.3 is 0 Å². The van der Waals surface area contributed by atoms with Gasteiger partial charge < -0.3 is 5.73 Å². The number of nitrogen functional groups attached to an aromatic ring is 1. The summed E-state index contributed by atoms with van der Waals surface area (Å²) in [6.07, 6.45) is 0. The molecule has 0 saturated heterocycles. The molecule has 0 aromatic heterocycles. The topological polar surface area (TPSA) is 72.2 Å². The summed E-state index contributed by atoms with van der Waals surface area (Å²) in [4.78, 5) is -0.846. The van der Waals surface area contributed by atoms with Crippen molar-refractivity contribution in [1.29, 1.82) is 0 Å². The van der Waals surface area contributed by atoms with Crippen LogP contribution in [0.25, 0.3) is 0 Å². The molecule has 2 aromatic rings. The Morgan fingerprint density at radius 2 is 1.76 bits per heavy atom. The molecule has 0 amide bonds. The van der Waals surface area contributed by atoms with Crippen molar-refractivity contribution >= 4 is 33.0 Å². The average Bonchev–Trinajstić information content (AvgIpc) is 2.39. The third-order valence-electron chi connectivity index (χ3n) is 2.56. The normalized spacial score (nSPS) is 11.4. The van der Waals surface area contributed by atoms with Gasteiger partial charge in [0.25, 0.3) is 10.0 Å². The highest BCUT2D eigenvalue weighted by molar-refractivity contribution is 7.92. The number of halogens is 4. The summed E-state index contributed by atoms with van der Waals surface area (Å²) in [5, 5.41) is -0.214. The fourth-order valence-electron chi connectivity index (χ4n) is 1.53. The first kappa shape index (κ1) is 15.5. The zero-order valence-corrected chi connectivity index (χ0v) is 11.8. The van der Waals surface area contributed by atoms with Crippen molar-refractivity contribution in [3.8, 4) is 0 Å². The SMILES string of the molecule is Nc1c(F)ccc(S(=O)(=O)Nc2ccc(F)cc2Cl)c1F. The second kappa shape index (κ2) is 5.45. The molecule has 0 fully saturated rings. The highest BCUT2D eigenvalue weighted by Crippen LogP contribution is 2.28. The third kappa shape index (κ3) is 3.06. The van der Waals surface area contributed by atoms with Crippen LogP contribution in [0, 0.1) is 17.5 Å². The van der Waals surface area contributed by atoms with E-state index in [9.17, 15) is 21.6 Å². The van der Waals surface area contributed by atoms with Crippen molar-refractivity contribution in [3.63, 3.8) is 0 Å². The second-order valence-corrected chi connectivity index (χ2v) is 6.06. The van der Waals surface area contributed by atoms with Crippen molar-refractivity contribution in [3.05, 3.63) is 52.8 Å². The van der Waals surface area contributed by atoms with E-state index in [1.165, 1.54) is 0 Å². The average molecular weight is 337 g/mol. The van der Waals surface area contributed by atoms with Crippen LogP contribution in [0.15, 0.2) is 35.2 Å². The Morgan fingerprint density at radius 3 is 2.38 bits per heavy atom. The van der Waals surface area contributed by atoms with Gasteiger partial charge in [0.15, 0.2) is 5.82 Å². The minimum atomic E-state index is -4.40. The summed E-state index contributed by atoms with van der Waals surface area (Å²) in [6.45, 7) is 0. The van der Waals surface area contributed by atoms with Crippen LogP contribution in [0.4, 0.5) is 24.5 Å². The van der Waals surface area contributed by atoms with E-state index >= 15 is 0 Å². The smallest absolute Gasteiger partial charge is 0.264 e. The quantitative estimate of drug-likeness (QED) is 0.846. The molecule has 2 aromatic carbocycles. The van der Waals surface area contributed by atoms with E-state index < -0.39 is 38.1 Å². The summed E-state index contributed by atoms with van der Waals surface area (Å²) < 4.78 is 65.7. The van der Waals surface area contributed by atoms with Crippen LogP contribution in [-0.2, 0) is 10.0 Å². The van der Waals surface area contributed by atoms with Gasteiger partial charge in [0.1, 0.15) is 22.2 Å². The van der Waals surface area contributed by atoms with E-state index in [1.54, 1.807) is 0 Å². The molecule has 3 N–H and O–H groups in total. The molecule has 0 radical (unpaired) electrons. The van der Waals surface area contributed by atoms with Crippen LogP contribution in [0.5, 0.6) is 0 Å². The van der Waals surface area contributed by atoms with E-state index in [0.29, 0.717) is 0 Å². The fraction of sp³-hybridized carbons (Fsp3) is 0. The molecule has 0 heterocycles. The van der Waals surface area contributed by atoms with Crippen molar-refractivity contribution in [2.45, 2.75) is 4.90 Å². The number of hydrogen-bond acceptors (Lipinski definition) is 3. The van der Waals surface area contributed by atoms with Crippen LogP contribution in [0.1, 0.15) is 0 Å². The molecule has 0 atom stereocenters. The van der Waals surface area contributed by atoms with E-state index in [-0.39, 0.29) is 10.7 Å². The maximum absolute atomic E-state index is 13.7. The number of nitrogens with two attached hydrogens (primary N) is 1. The van der Waals surface area contributed by atoms with Gasteiger partial charge in [-0.05, 0) is 30.3 Å². The number of sulfonamides is 1. The minimum Gasteiger partial charge on any atom is -0.394 e. The van der Waals surface area contributed by atoms with E-state index in [0.717, 1.165) is 30.3 Å². The van der Waals surface area contributed by atoms with Gasteiger partial charge in [0.05, 0.1) is 10.7 Å². The number of nitrogens with one attached hydrogen (secondary N) is 1. The lowest BCUT2D eigenvalue weighted by Crippen LogP contribution is -2.16. The lowest BCUT2D eigenvalue weighted by molar-refractivity contribution is 0.557. The molecular weight excluding hydrogens is 329 g/mol. The Kier molecular flexibility index (Phi) is 4.02. The largest absolute Gasteiger partial charge is 0.394 e. The highest BCUT2D eigenvalue weighted by Gasteiger charge is 2.23. The summed E-state index contributed by atoms with van der Waals surface area (Å²) in [5.41, 5.74) is 4.04. The van der Waals surface area contributed by atoms with Crippen molar-refractivity contribution in [1.82, 2.24) is 0 Å². The minimum absolute atomic E-state index is 0.152. The first-order valence-corrected chi connectivity index (χ1v) is 7.30. The number of hydrogen-bond donors (Lipinski definition) is 2. The molecule has 0 spiro atoms. The molecular formula is C12H8ClF3N2O2S. The Morgan fingerprint density at radius 1 is 1.10 bits per heavy atom. The molecule has 0 unspecified atom stereocenters. The van der Waals surface area contributed by atoms with Crippen molar-refractivity contribution < 1.29 is 21.6 Å². The molecule has 0 saturated carbocycles. The monoisotopic (exact) mass is 336 g/mol. The zero-order chi connectivity index (χ0) is 15.8. The number of anilines is 2. The highest BCUT2D eigenvalue weighted by atomic mass is 35.5. The molecule has 0 aliphatic heterocycles.